The molecule has 4 heteroatoms. The number of carbonyl (C=O) groups is 1. The lowest BCUT2D eigenvalue weighted by atomic mass is 9.97. The molecule has 2 N–H and O–H groups in total. The van der Waals surface area contributed by atoms with Crippen LogP contribution < -0.4 is 5.73 Å². The monoisotopic (exact) mass is 275 g/mol. The van der Waals surface area contributed by atoms with E-state index in [1.54, 1.807) is 0 Å². The molecule has 3 atom stereocenters. The van der Waals surface area contributed by atoms with Crippen LogP contribution in [-0.2, 0) is 4.79 Å². The van der Waals surface area contributed by atoms with Gasteiger partial charge in [0.2, 0.25) is 5.91 Å². The first kappa shape index (κ1) is 15.0. The molecule has 1 amide bonds. The lowest BCUT2D eigenvalue weighted by Crippen LogP contribution is -2.52. The molecule has 1 saturated heterocycles. The van der Waals surface area contributed by atoms with Crippen LogP contribution in [0.5, 0.6) is 0 Å². The Morgan fingerprint density at radius 1 is 1.25 bits per heavy atom. The van der Waals surface area contributed by atoms with E-state index in [9.17, 15) is 4.79 Å². The smallest absolute Gasteiger partial charge is 0.227 e. The Labute approximate surface area is 121 Å². The van der Waals surface area contributed by atoms with Gasteiger partial charge in [0.1, 0.15) is 0 Å². The molecular weight excluding hydrogens is 250 g/mol. The third-order valence-corrected chi connectivity index (χ3v) is 4.23. The number of benzene rings is 1. The highest BCUT2D eigenvalue weighted by atomic mass is 16.2. The van der Waals surface area contributed by atoms with Gasteiger partial charge in [-0.25, -0.2) is 0 Å². The molecule has 1 aromatic rings. The number of hydrogen-bond acceptors (Lipinski definition) is 3. The van der Waals surface area contributed by atoms with Crippen molar-refractivity contribution in [1.82, 2.24) is 9.80 Å². The van der Waals surface area contributed by atoms with Gasteiger partial charge in [-0.3, -0.25) is 4.79 Å². The van der Waals surface area contributed by atoms with E-state index in [1.165, 1.54) is 5.56 Å². The first-order valence-electron chi connectivity index (χ1n) is 7.30. The van der Waals surface area contributed by atoms with Gasteiger partial charge in [-0.15, -0.1) is 0 Å². The summed E-state index contributed by atoms with van der Waals surface area (Å²) in [7, 11) is 2.10. The van der Waals surface area contributed by atoms with Gasteiger partial charge in [-0.2, -0.15) is 0 Å². The largest absolute Gasteiger partial charge is 0.333 e. The van der Waals surface area contributed by atoms with Gasteiger partial charge < -0.3 is 15.5 Å². The zero-order chi connectivity index (χ0) is 14.7. The van der Waals surface area contributed by atoms with Crippen LogP contribution in [0.2, 0.25) is 0 Å². The standard InChI is InChI=1S/C16H25N3O/c1-12(13(2)17)16(20)19-10-9-18(3)11-15(19)14-7-5-4-6-8-14/h4-8,12-13,15H,9-11,17H2,1-3H3. The summed E-state index contributed by atoms with van der Waals surface area (Å²) in [6, 6.07) is 10.3. The first-order valence-corrected chi connectivity index (χ1v) is 7.30. The van der Waals surface area contributed by atoms with Crippen LogP contribution in [0.3, 0.4) is 0 Å². The highest BCUT2D eigenvalue weighted by Gasteiger charge is 2.33. The number of nitrogens with two attached hydrogens (primary N) is 1. The zero-order valence-corrected chi connectivity index (χ0v) is 12.6. The summed E-state index contributed by atoms with van der Waals surface area (Å²) < 4.78 is 0. The SMILES string of the molecule is CC(N)C(C)C(=O)N1CCN(C)CC1c1ccccc1. The summed E-state index contributed by atoms with van der Waals surface area (Å²) in [5, 5.41) is 0. The molecule has 1 heterocycles. The van der Waals surface area contributed by atoms with Gasteiger partial charge in [0.05, 0.1) is 12.0 Å². The second-order valence-electron chi connectivity index (χ2n) is 5.87. The molecule has 0 saturated carbocycles. The van der Waals surface area contributed by atoms with E-state index in [4.69, 9.17) is 5.73 Å². The average Bonchev–Trinajstić information content (AvgIpc) is 2.46. The minimum absolute atomic E-state index is 0.112. The Hall–Kier alpha value is -1.39. The second kappa shape index (κ2) is 6.37. The first-order chi connectivity index (χ1) is 9.50. The van der Waals surface area contributed by atoms with Crippen molar-refractivity contribution in [3.8, 4) is 0 Å². The number of amides is 1. The molecule has 0 spiro atoms. The molecule has 1 aliphatic rings. The molecule has 110 valence electrons. The number of hydrogen-bond donors (Lipinski definition) is 1. The van der Waals surface area contributed by atoms with E-state index < -0.39 is 0 Å². The summed E-state index contributed by atoms with van der Waals surface area (Å²) in [6.45, 7) is 6.39. The predicted octanol–water partition coefficient (Wildman–Crippen LogP) is 1.49. The summed E-state index contributed by atoms with van der Waals surface area (Å²) in [5.41, 5.74) is 7.10. The highest BCUT2D eigenvalue weighted by molar-refractivity contribution is 5.79. The van der Waals surface area contributed by atoms with Crippen LogP contribution in [0.15, 0.2) is 30.3 Å². The summed E-state index contributed by atoms with van der Waals surface area (Å²) in [4.78, 5) is 16.9. The number of nitrogens with zero attached hydrogens (tertiary/aromatic N) is 2. The second-order valence-corrected chi connectivity index (χ2v) is 5.87. The Morgan fingerprint density at radius 3 is 2.50 bits per heavy atom. The van der Waals surface area contributed by atoms with Gasteiger partial charge >= 0.3 is 0 Å². The molecule has 0 radical (unpaired) electrons. The Balaban J connectivity index is 2.23. The summed E-state index contributed by atoms with van der Waals surface area (Å²) >= 11 is 0. The highest BCUT2D eigenvalue weighted by Crippen LogP contribution is 2.26. The molecule has 20 heavy (non-hydrogen) atoms. The number of rotatable bonds is 3. The van der Waals surface area contributed by atoms with Crippen molar-refractivity contribution in [3.05, 3.63) is 35.9 Å². The zero-order valence-electron chi connectivity index (χ0n) is 12.6. The van der Waals surface area contributed by atoms with Crippen LogP contribution >= 0.6 is 0 Å². The third kappa shape index (κ3) is 3.19. The van der Waals surface area contributed by atoms with E-state index in [0.29, 0.717) is 0 Å². The fourth-order valence-electron chi connectivity index (χ4n) is 2.63. The van der Waals surface area contributed by atoms with Crippen molar-refractivity contribution in [2.24, 2.45) is 11.7 Å². The van der Waals surface area contributed by atoms with E-state index >= 15 is 0 Å². The normalized spacial score (nSPS) is 23.4. The van der Waals surface area contributed by atoms with Gasteiger partial charge in [-0.1, -0.05) is 37.3 Å². The van der Waals surface area contributed by atoms with E-state index in [-0.39, 0.29) is 23.9 Å². The quantitative estimate of drug-likeness (QED) is 0.909. The molecule has 2 rings (SSSR count). The molecule has 1 aromatic carbocycles. The predicted molar refractivity (Wildman–Crippen MR) is 81.2 cm³/mol. The van der Waals surface area contributed by atoms with E-state index in [1.807, 2.05) is 36.9 Å². The minimum Gasteiger partial charge on any atom is -0.333 e. The maximum Gasteiger partial charge on any atom is 0.227 e. The van der Waals surface area contributed by atoms with Crippen molar-refractivity contribution in [1.29, 1.82) is 0 Å². The molecule has 1 aliphatic heterocycles. The van der Waals surface area contributed by atoms with Crippen LogP contribution in [0, 0.1) is 5.92 Å². The fourth-order valence-corrected chi connectivity index (χ4v) is 2.63. The number of carbonyl (C=O) groups excluding carboxylic acids is 1. The maximum absolute atomic E-state index is 12.7. The lowest BCUT2D eigenvalue weighted by molar-refractivity contribution is -0.140. The van der Waals surface area contributed by atoms with E-state index in [0.717, 1.165) is 19.6 Å². The van der Waals surface area contributed by atoms with Crippen molar-refractivity contribution in [2.75, 3.05) is 26.7 Å². The molecule has 0 bridgehead atoms. The molecule has 1 fully saturated rings. The van der Waals surface area contributed by atoms with Crippen molar-refractivity contribution >= 4 is 5.91 Å². The van der Waals surface area contributed by atoms with Crippen LogP contribution in [0.4, 0.5) is 0 Å². The Morgan fingerprint density at radius 2 is 1.90 bits per heavy atom. The van der Waals surface area contributed by atoms with Gasteiger partial charge in [0.15, 0.2) is 0 Å². The van der Waals surface area contributed by atoms with Crippen molar-refractivity contribution in [2.45, 2.75) is 25.9 Å². The Kier molecular flexibility index (Phi) is 4.78. The van der Waals surface area contributed by atoms with E-state index in [2.05, 4.69) is 24.1 Å². The topological polar surface area (TPSA) is 49.6 Å². The molecule has 3 unspecified atom stereocenters. The average molecular weight is 275 g/mol. The molecule has 0 aromatic heterocycles. The fraction of sp³-hybridized carbons (Fsp3) is 0.562. The van der Waals surface area contributed by atoms with Crippen LogP contribution in [0.1, 0.15) is 25.5 Å². The van der Waals surface area contributed by atoms with Crippen molar-refractivity contribution < 1.29 is 4.79 Å². The van der Waals surface area contributed by atoms with Gasteiger partial charge in [0, 0.05) is 25.7 Å². The maximum atomic E-state index is 12.7. The molecule has 4 nitrogen and oxygen atoms in total. The van der Waals surface area contributed by atoms with Gasteiger partial charge in [0.25, 0.3) is 0 Å². The van der Waals surface area contributed by atoms with Crippen molar-refractivity contribution in [3.63, 3.8) is 0 Å². The minimum atomic E-state index is -0.135. The number of piperazine rings is 1. The summed E-state index contributed by atoms with van der Waals surface area (Å²) in [6.07, 6.45) is 0. The Bertz CT molecular complexity index is 446. The number of likely N-dealkylation sites (N-methyl/N-ethyl adjacent to an activating group) is 1. The van der Waals surface area contributed by atoms with Gasteiger partial charge in [-0.05, 0) is 19.5 Å². The molecule has 0 aliphatic carbocycles. The van der Waals surface area contributed by atoms with Crippen LogP contribution in [-0.4, -0.2) is 48.4 Å². The third-order valence-electron chi connectivity index (χ3n) is 4.23. The van der Waals surface area contributed by atoms with Crippen LogP contribution in [0.25, 0.3) is 0 Å². The molecular formula is C16H25N3O. The lowest BCUT2D eigenvalue weighted by Gasteiger charge is -2.41. The summed E-state index contributed by atoms with van der Waals surface area (Å²) in [5.74, 6) is 0.0339.